The van der Waals surface area contributed by atoms with Crippen molar-refractivity contribution in [1.29, 1.82) is 0 Å². The third-order valence-corrected chi connectivity index (χ3v) is 3.37. The molecule has 1 unspecified atom stereocenters. The van der Waals surface area contributed by atoms with Gasteiger partial charge in [-0.15, -0.1) is 0 Å². The lowest BCUT2D eigenvalue weighted by atomic mass is 10.0. The number of nitrogens with two attached hydrogens (primary N) is 1. The first-order valence-corrected chi connectivity index (χ1v) is 6.72. The highest BCUT2D eigenvalue weighted by molar-refractivity contribution is 6.36. The monoisotopic (exact) mass is 288 g/mol. The zero-order chi connectivity index (χ0) is 13.5. The normalized spacial score (nSPS) is 12.2. The molecule has 1 aromatic carbocycles. The second-order valence-corrected chi connectivity index (χ2v) is 5.05. The van der Waals surface area contributed by atoms with Crippen LogP contribution in [0.1, 0.15) is 31.2 Å². The van der Waals surface area contributed by atoms with Crippen LogP contribution >= 0.6 is 23.2 Å². The van der Waals surface area contributed by atoms with E-state index >= 15 is 0 Å². The molecule has 0 aliphatic rings. The van der Waals surface area contributed by atoms with Crippen LogP contribution in [0.15, 0.2) is 18.2 Å². The Kier molecular flexibility index (Phi) is 6.47. The van der Waals surface area contributed by atoms with Crippen LogP contribution in [0.5, 0.6) is 0 Å². The van der Waals surface area contributed by atoms with Gasteiger partial charge in [0.05, 0.1) is 0 Å². The molecule has 0 aliphatic heterocycles. The van der Waals surface area contributed by atoms with Crippen molar-refractivity contribution in [2.75, 3.05) is 13.1 Å². The quantitative estimate of drug-likeness (QED) is 0.846. The molecule has 5 heteroatoms. The third kappa shape index (κ3) is 4.48. The highest BCUT2D eigenvalue weighted by Gasteiger charge is 2.14. The smallest absolute Gasteiger partial charge is 0.220 e. The molecule has 0 saturated carbocycles. The first-order valence-electron chi connectivity index (χ1n) is 5.97. The van der Waals surface area contributed by atoms with E-state index < -0.39 is 0 Å². The van der Waals surface area contributed by atoms with Gasteiger partial charge in [0.25, 0.3) is 0 Å². The van der Waals surface area contributed by atoms with Crippen molar-refractivity contribution in [3.63, 3.8) is 0 Å². The molecule has 0 aliphatic carbocycles. The van der Waals surface area contributed by atoms with Gasteiger partial charge < -0.3 is 11.1 Å². The van der Waals surface area contributed by atoms with Gasteiger partial charge in [-0.05, 0) is 30.7 Å². The summed E-state index contributed by atoms with van der Waals surface area (Å²) < 4.78 is 0. The molecule has 3 N–H and O–H groups in total. The fourth-order valence-electron chi connectivity index (χ4n) is 1.70. The number of hydrogen-bond donors (Lipinski definition) is 2. The van der Waals surface area contributed by atoms with E-state index in [9.17, 15) is 4.79 Å². The number of rotatable bonds is 6. The summed E-state index contributed by atoms with van der Waals surface area (Å²) in [6.45, 7) is 3.03. The Labute approximate surface area is 118 Å². The molecule has 0 fully saturated rings. The van der Waals surface area contributed by atoms with E-state index in [2.05, 4.69) is 5.32 Å². The molecular weight excluding hydrogens is 271 g/mol. The average molecular weight is 289 g/mol. The number of halogens is 2. The van der Waals surface area contributed by atoms with Gasteiger partial charge >= 0.3 is 0 Å². The first-order chi connectivity index (χ1) is 8.56. The van der Waals surface area contributed by atoms with Gasteiger partial charge in [-0.3, -0.25) is 4.79 Å². The number of carbonyl (C=O) groups excluding carboxylic acids is 1. The van der Waals surface area contributed by atoms with Crippen LogP contribution in [-0.4, -0.2) is 19.0 Å². The third-order valence-electron chi connectivity index (χ3n) is 2.71. The predicted octanol–water partition coefficient (Wildman–Crippen LogP) is 2.95. The summed E-state index contributed by atoms with van der Waals surface area (Å²) >= 11 is 12.2. The number of hydrogen-bond acceptors (Lipinski definition) is 2. The van der Waals surface area contributed by atoms with Gasteiger partial charge in [-0.25, -0.2) is 0 Å². The molecule has 0 spiro atoms. The summed E-state index contributed by atoms with van der Waals surface area (Å²) in [5.41, 5.74) is 6.22. The van der Waals surface area contributed by atoms with Crippen molar-refractivity contribution < 1.29 is 4.79 Å². The number of carbonyl (C=O) groups is 1. The summed E-state index contributed by atoms with van der Waals surface area (Å²) in [5.74, 6) is 0.0866. The lowest BCUT2D eigenvalue weighted by Gasteiger charge is -2.16. The summed E-state index contributed by atoms with van der Waals surface area (Å²) in [6, 6.07) is 5.41. The minimum atomic E-state index is 0.00970. The van der Waals surface area contributed by atoms with Crippen molar-refractivity contribution in [1.82, 2.24) is 5.32 Å². The minimum absolute atomic E-state index is 0.00970. The summed E-state index contributed by atoms with van der Waals surface area (Å²) in [4.78, 5) is 11.5. The van der Waals surface area contributed by atoms with E-state index in [0.29, 0.717) is 36.0 Å². The molecule has 3 nitrogen and oxygen atoms in total. The molecule has 0 radical (unpaired) electrons. The Balaban J connectivity index is 2.55. The van der Waals surface area contributed by atoms with Crippen LogP contribution in [0.2, 0.25) is 10.0 Å². The maximum Gasteiger partial charge on any atom is 0.220 e. The van der Waals surface area contributed by atoms with Crippen molar-refractivity contribution in [2.24, 2.45) is 5.73 Å². The molecule has 0 saturated heterocycles. The minimum Gasteiger partial charge on any atom is -0.356 e. The van der Waals surface area contributed by atoms with Gasteiger partial charge in [-0.1, -0.05) is 36.2 Å². The van der Waals surface area contributed by atoms with Crippen molar-refractivity contribution in [3.05, 3.63) is 33.8 Å². The zero-order valence-electron chi connectivity index (χ0n) is 10.4. The Morgan fingerprint density at radius 2 is 2.00 bits per heavy atom. The van der Waals surface area contributed by atoms with Gasteiger partial charge in [0.15, 0.2) is 0 Å². The van der Waals surface area contributed by atoms with E-state index in [4.69, 9.17) is 28.9 Å². The van der Waals surface area contributed by atoms with Gasteiger partial charge in [0.1, 0.15) is 0 Å². The molecule has 0 bridgehead atoms. The molecule has 1 rings (SSSR count). The van der Waals surface area contributed by atoms with Crippen molar-refractivity contribution >= 4 is 29.1 Å². The predicted molar refractivity (Wildman–Crippen MR) is 76.2 cm³/mol. The highest BCUT2D eigenvalue weighted by atomic mass is 35.5. The van der Waals surface area contributed by atoms with E-state index in [1.165, 1.54) is 0 Å². The van der Waals surface area contributed by atoms with Gasteiger partial charge in [0.2, 0.25) is 5.91 Å². The Morgan fingerprint density at radius 1 is 1.39 bits per heavy atom. The van der Waals surface area contributed by atoms with E-state index in [1.807, 2.05) is 6.92 Å². The molecule has 1 aromatic rings. The maximum absolute atomic E-state index is 11.5. The second kappa shape index (κ2) is 7.62. The van der Waals surface area contributed by atoms with Crippen LogP contribution in [0.3, 0.4) is 0 Å². The van der Waals surface area contributed by atoms with Crippen LogP contribution < -0.4 is 11.1 Å². The number of nitrogens with one attached hydrogen (secondary N) is 1. The summed E-state index contributed by atoms with van der Waals surface area (Å²) in [5, 5.41) is 4.12. The van der Waals surface area contributed by atoms with Gasteiger partial charge in [-0.2, -0.15) is 0 Å². The zero-order valence-corrected chi connectivity index (χ0v) is 11.9. The van der Waals surface area contributed by atoms with Crippen molar-refractivity contribution in [2.45, 2.75) is 25.7 Å². The van der Waals surface area contributed by atoms with E-state index in [0.717, 1.165) is 5.56 Å². The molecule has 1 atom stereocenters. The highest BCUT2D eigenvalue weighted by Crippen LogP contribution is 2.30. The van der Waals surface area contributed by atoms with Crippen LogP contribution in [0.25, 0.3) is 0 Å². The molecule has 0 aromatic heterocycles. The molecule has 0 heterocycles. The second-order valence-electron chi connectivity index (χ2n) is 4.23. The van der Waals surface area contributed by atoms with E-state index in [1.54, 1.807) is 18.2 Å². The lowest BCUT2D eigenvalue weighted by molar-refractivity contribution is -0.121. The van der Waals surface area contributed by atoms with Crippen LogP contribution in [0, 0.1) is 0 Å². The summed E-state index contributed by atoms with van der Waals surface area (Å²) in [6.07, 6.45) is 1.16. The molecule has 1 amide bonds. The SMILES string of the molecule is CC(CNC(=O)CCCN)c1c(Cl)cccc1Cl. The number of benzene rings is 1. The fraction of sp³-hybridized carbons (Fsp3) is 0.462. The lowest BCUT2D eigenvalue weighted by Crippen LogP contribution is -2.27. The van der Waals surface area contributed by atoms with E-state index in [-0.39, 0.29) is 11.8 Å². The Bertz CT molecular complexity index is 390. The number of amides is 1. The van der Waals surface area contributed by atoms with Crippen LogP contribution in [0.4, 0.5) is 0 Å². The summed E-state index contributed by atoms with van der Waals surface area (Å²) in [7, 11) is 0. The molecule has 100 valence electrons. The Morgan fingerprint density at radius 3 is 2.56 bits per heavy atom. The van der Waals surface area contributed by atoms with Crippen LogP contribution in [-0.2, 0) is 4.79 Å². The first kappa shape index (κ1) is 15.3. The molecular formula is C13H18Cl2N2O. The standard InChI is InChI=1S/C13H18Cl2N2O/c1-9(8-17-12(18)6-3-7-16)13-10(14)4-2-5-11(13)15/h2,4-5,9H,3,6-8,16H2,1H3,(H,17,18). The average Bonchev–Trinajstić information content (AvgIpc) is 2.33. The fourth-order valence-corrected chi connectivity index (χ4v) is 2.47. The Hall–Kier alpha value is -0.770. The molecule has 18 heavy (non-hydrogen) atoms. The van der Waals surface area contributed by atoms with Gasteiger partial charge in [0, 0.05) is 28.9 Å². The topological polar surface area (TPSA) is 55.1 Å². The maximum atomic E-state index is 11.5. The largest absolute Gasteiger partial charge is 0.356 e. The van der Waals surface area contributed by atoms with Crippen molar-refractivity contribution in [3.8, 4) is 0 Å².